The predicted octanol–water partition coefficient (Wildman–Crippen LogP) is 2.52. The summed E-state index contributed by atoms with van der Waals surface area (Å²) in [6.07, 6.45) is 5.15. The Labute approximate surface area is 174 Å². The minimum absolute atomic E-state index is 0.245. The number of hydrogen-bond acceptors (Lipinski definition) is 6. The molecular formula is C23H34N4O2. The fourth-order valence-corrected chi connectivity index (χ4v) is 4.81. The molecule has 0 spiro atoms. The van der Waals surface area contributed by atoms with E-state index >= 15 is 0 Å². The van der Waals surface area contributed by atoms with Crippen molar-refractivity contribution in [3.8, 4) is 0 Å². The number of nitrogens with zero attached hydrogens (tertiary/aromatic N) is 4. The maximum atomic E-state index is 9.60. The van der Waals surface area contributed by atoms with Gasteiger partial charge in [-0.3, -0.25) is 19.7 Å². The Hall–Kier alpha value is -1.73. The Morgan fingerprint density at radius 2 is 1.93 bits per heavy atom. The number of aliphatic hydroxyl groups excluding tert-OH is 1. The zero-order chi connectivity index (χ0) is 20.1. The van der Waals surface area contributed by atoms with Gasteiger partial charge in [-0.1, -0.05) is 6.07 Å². The topological polar surface area (TPSA) is 56.0 Å². The quantitative estimate of drug-likeness (QED) is 0.774. The number of piperidine rings is 1. The fourth-order valence-electron chi connectivity index (χ4n) is 4.81. The van der Waals surface area contributed by atoms with Gasteiger partial charge in [0.1, 0.15) is 11.5 Å². The first-order chi connectivity index (χ1) is 14.2. The second kappa shape index (κ2) is 9.85. The van der Waals surface area contributed by atoms with Crippen molar-refractivity contribution in [2.75, 3.05) is 39.3 Å². The summed E-state index contributed by atoms with van der Waals surface area (Å²) in [5, 5.41) is 9.60. The molecule has 158 valence electrons. The lowest BCUT2D eigenvalue weighted by atomic mass is 9.99. The second-order valence-electron chi connectivity index (χ2n) is 8.47. The van der Waals surface area contributed by atoms with E-state index in [1.165, 1.54) is 12.8 Å². The van der Waals surface area contributed by atoms with Crippen LogP contribution in [0.15, 0.2) is 40.9 Å². The zero-order valence-corrected chi connectivity index (χ0v) is 17.5. The highest BCUT2D eigenvalue weighted by Gasteiger charge is 2.32. The maximum absolute atomic E-state index is 9.60. The predicted molar refractivity (Wildman–Crippen MR) is 113 cm³/mol. The summed E-state index contributed by atoms with van der Waals surface area (Å²) >= 11 is 0. The van der Waals surface area contributed by atoms with E-state index in [1.807, 2.05) is 25.3 Å². The van der Waals surface area contributed by atoms with Crippen LogP contribution in [0.1, 0.15) is 36.5 Å². The number of pyridine rings is 1. The van der Waals surface area contributed by atoms with Gasteiger partial charge in [0, 0.05) is 64.2 Å². The van der Waals surface area contributed by atoms with Crippen molar-refractivity contribution in [3.63, 3.8) is 0 Å². The van der Waals surface area contributed by atoms with Gasteiger partial charge in [0.15, 0.2) is 0 Å². The molecule has 4 rings (SSSR count). The van der Waals surface area contributed by atoms with Crippen LogP contribution in [0.3, 0.4) is 0 Å². The molecule has 2 fully saturated rings. The molecule has 0 saturated carbocycles. The van der Waals surface area contributed by atoms with E-state index in [0.717, 1.165) is 69.4 Å². The second-order valence-corrected chi connectivity index (χ2v) is 8.47. The molecule has 6 nitrogen and oxygen atoms in total. The largest absolute Gasteiger partial charge is 0.465 e. The van der Waals surface area contributed by atoms with E-state index in [-0.39, 0.29) is 6.61 Å². The molecule has 29 heavy (non-hydrogen) atoms. The molecule has 0 aliphatic carbocycles. The third-order valence-electron chi connectivity index (χ3n) is 6.44. The van der Waals surface area contributed by atoms with Gasteiger partial charge in [0.2, 0.25) is 0 Å². The highest BCUT2D eigenvalue weighted by atomic mass is 16.3. The summed E-state index contributed by atoms with van der Waals surface area (Å²) in [5.74, 6) is 2.00. The fraction of sp³-hybridized carbons (Fsp3) is 0.609. The van der Waals surface area contributed by atoms with Crippen LogP contribution in [0.2, 0.25) is 0 Å². The molecule has 0 aromatic carbocycles. The molecule has 0 amide bonds. The number of likely N-dealkylation sites (tertiary alicyclic amines) is 1. The van der Waals surface area contributed by atoms with Gasteiger partial charge in [-0.2, -0.15) is 0 Å². The van der Waals surface area contributed by atoms with Crippen molar-refractivity contribution in [2.24, 2.45) is 0 Å². The zero-order valence-electron chi connectivity index (χ0n) is 17.5. The summed E-state index contributed by atoms with van der Waals surface area (Å²) in [6, 6.07) is 11.3. The SMILES string of the molecule is Cc1ccc(CN2CCN(C3CCN(Cc4ccccn4)CC3)C[C@@H]2CCO)o1. The van der Waals surface area contributed by atoms with E-state index < -0.39 is 0 Å². The number of aryl methyl sites for hydroxylation is 1. The van der Waals surface area contributed by atoms with Crippen molar-refractivity contribution in [3.05, 3.63) is 53.7 Å². The van der Waals surface area contributed by atoms with Crippen molar-refractivity contribution >= 4 is 0 Å². The lowest BCUT2D eigenvalue weighted by Crippen LogP contribution is -2.57. The third-order valence-corrected chi connectivity index (χ3v) is 6.44. The Morgan fingerprint density at radius 3 is 2.62 bits per heavy atom. The van der Waals surface area contributed by atoms with Crippen molar-refractivity contribution in [2.45, 2.75) is 51.4 Å². The molecule has 1 atom stereocenters. The summed E-state index contributed by atoms with van der Waals surface area (Å²) in [7, 11) is 0. The van der Waals surface area contributed by atoms with Crippen molar-refractivity contribution < 1.29 is 9.52 Å². The molecule has 2 saturated heterocycles. The molecule has 2 aliphatic heterocycles. The van der Waals surface area contributed by atoms with Crippen molar-refractivity contribution in [1.29, 1.82) is 0 Å². The van der Waals surface area contributed by atoms with Gasteiger partial charge in [-0.05, 0) is 50.5 Å². The number of aliphatic hydroxyl groups is 1. The normalized spacial score (nSPS) is 22.9. The van der Waals surface area contributed by atoms with Crippen LogP contribution in [-0.4, -0.2) is 76.2 Å². The average molecular weight is 399 g/mol. The highest BCUT2D eigenvalue weighted by Crippen LogP contribution is 2.24. The first-order valence-corrected chi connectivity index (χ1v) is 11.0. The highest BCUT2D eigenvalue weighted by molar-refractivity contribution is 5.06. The standard InChI is InChI=1S/C23H34N4O2/c1-19-5-6-23(29-19)18-27-14-13-26(17-22(27)9-15-28)21-7-11-25(12-8-21)16-20-4-2-3-10-24-20/h2-6,10,21-22,28H,7-9,11-18H2,1H3/t22-/m0/s1. The van der Waals surface area contributed by atoms with Crippen LogP contribution in [0, 0.1) is 6.92 Å². The Kier molecular flexibility index (Phi) is 6.98. The number of furan rings is 1. The molecule has 2 aliphatic rings. The van der Waals surface area contributed by atoms with E-state index in [4.69, 9.17) is 4.42 Å². The van der Waals surface area contributed by atoms with Crippen molar-refractivity contribution in [1.82, 2.24) is 19.7 Å². The molecule has 2 aromatic heterocycles. The van der Waals surface area contributed by atoms with Gasteiger partial charge in [-0.25, -0.2) is 0 Å². The van der Waals surface area contributed by atoms with Crippen LogP contribution in [-0.2, 0) is 13.1 Å². The monoisotopic (exact) mass is 398 g/mol. The first-order valence-electron chi connectivity index (χ1n) is 11.0. The van der Waals surface area contributed by atoms with Gasteiger partial charge in [0.25, 0.3) is 0 Å². The maximum Gasteiger partial charge on any atom is 0.118 e. The van der Waals surface area contributed by atoms with E-state index in [1.54, 1.807) is 0 Å². The summed E-state index contributed by atoms with van der Waals surface area (Å²) in [6.45, 7) is 9.50. The summed E-state index contributed by atoms with van der Waals surface area (Å²) in [4.78, 5) is 12.2. The van der Waals surface area contributed by atoms with E-state index in [9.17, 15) is 5.11 Å². The molecular weight excluding hydrogens is 364 g/mol. The first kappa shape index (κ1) is 20.5. The molecule has 0 radical (unpaired) electrons. The molecule has 2 aromatic rings. The number of piperazine rings is 1. The Morgan fingerprint density at radius 1 is 1.07 bits per heavy atom. The smallest absolute Gasteiger partial charge is 0.118 e. The molecule has 0 unspecified atom stereocenters. The molecule has 0 bridgehead atoms. The van der Waals surface area contributed by atoms with Crippen LogP contribution < -0.4 is 0 Å². The van der Waals surface area contributed by atoms with Crippen LogP contribution in [0.4, 0.5) is 0 Å². The van der Waals surface area contributed by atoms with E-state index in [2.05, 4.69) is 37.9 Å². The van der Waals surface area contributed by atoms with E-state index in [0.29, 0.717) is 12.1 Å². The van der Waals surface area contributed by atoms with Crippen LogP contribution in [0.5, 0.6) is 0 Å². The molecule has 4 heterocycles. The van der Waals surface area contributed by atoms with Gasteiger partial charge in [0.05, 0.1) is 12.2 Å². The lowest BCUT2D eigenvalue weighted by Gasteiger charge is -2.46. The Balaban J connectivity index is 1.28. The number of rotatable bonds is 7. The number of aromatic nitrogens is 1. The minimum atomic E-state index is 0.245. The molecule has 1 N–H and O–H groups in total. The molecule has 6 heteroatoms. The third kappa shape index (κ3) is 5.45. The van der Waals surface area contributed by atoms with Crippen LogP contribution >= 0.6 is 0 Å². The van der Waals surface area contributed by atoms with Gasteiger partial charge < -0.3 is 9.52 Å². The number of hydrogen-bond donors (Lipinski definition) is 1. The van der Waals surface area contributed by atoms with Gasteiger partial charge in [-0.15, -0.1) is 0 Å². The summed E-state index contributed by atoms with van der Waals surface area (Å²) < 4.78 is 5.79. The average Bonchev–Trinajstić information content (AvgIpc) is 3.15. The van der Waals surface area contributed by atoms with Crippen LogP contribution in [0.25, 0.3) is 0 Å². The van der Waals surface area contributed by atoms with Gasteiger partial charge >= 0.3 is 0 Å². The summed E-state index contributed by atoms with van der Waals surface area (Å²) in [5.41, 5.74) is 1.16. The minimum Gasteiger partial charge on any atom is -0.465 e. The Bertz CT molecular complexity index is 742. The lowest BCUT2D eigenvalue weighted by molar-refractivity contribution is 0.00950.